The number of nitrogens with one attached hydrogen (secondary N) is 1. The number of benzene rings is 1. The fourth-order valence-corrected chi connectivity index (χ4v) is 1.12. The molecule has 0 saturated heterocycles. The summed E-state index contributed by atoms with van der Waals surface area (Å²) >= 11 is 0. The van der Waals surface area contributed by atoms with Crippen LogP contribution >= 0.6 is 0 Å². The molecule has 0 bridgehead atoms. The van der Waals surface area contributed by atoms with Crippen molar-refractivity contribution in [3.8, 4) is 11.5 Å². The number of ether oxygens (including phenoxy) is 1. The van der Waals surface area contributed by atoms with Gasteiger partial charge in [0.15, 0.2) is 17.6 Å². The van der Waals surface area contributed by atoms with E-state index in [1.807, 2.05) is 6.92 Å². The maximum absolute atomic E-state index is 11.3. The van der Waals surface area contributed by atoms with Gasteiger partial charge in [0.25, 0.3) is 5.91 Å². The van der Waals surface area contributed by atoms with Crippen LogP contribution < -0.4 is 10.1 Å². The van der Waals surface area contributed by atoms with Crippen LogP contribution in [0.25, 0.3) is 0 Å². The van der Waals surface area contributed by atoms with Gasteiger partial charge in [-0.1, -0.05) is 12.1 Å². The quantitative estimate of drug-likeness (QED) is 0.785. The molecule has 0 radical (unpaired) electrons. The Labute approximate surface area is 88.9 Å². The van der Waals surface area contributed by atoms with E-state index in [4.69, 9.17) is 4.74 Å². The Balaban J connectivity index is 2.62. The summed E-state index contributed by atoms with van der Waals surface area (Å²) in [6.45, 7) is 4.04. The molecule has 0 fully saturated rings. The number of likely N-dealkylation sites (N-methyl/N-ethyl adjacent to an activating group) is 1. The van der Waals surface area contributed by atoms with Crippen molar-refractivity contribution in [3.63, 3.8) is 0 Å². The molecule has 0 heterocycles. The van der Waals surface area contributed by atoms with Crippen molar-refractivity contribution >= 4 is 5.91 Å². The molecule has 4 nitrogen and oxygen atoms in total. The van der Waals surface area contributed by atoms with Crippen molar-refractivity contribution in [1.29, 1.82) is 0 Å². The Bertz CT molecular complexity index is 338. The van der Waals surface area contributed by atoms with E-state index in [1.165, 1.54) is 6.07 Å². The van der Waals surface area contributed by atoms with Crippen LogP contribution in [0.2, 0.25) is 0 Å². The zero-order chi connectivity index (χ0) is 11.3. The van der Waals surface area contributed by atoms with E-state index in [0.29, 0.717) is 12.3 Å². The molecule has 0 aliphatic heterocycles. The minimum atomic E-state index is -0.613. The van der Waals surface area contributed by atoms with Crippen LogP contribution in [0, 0.1) is 0 Å². The van der Waals surface area contributed by atoms with Crippen LogP contribution in [-0.2, 0) is 4.79 Å². The van der Waals surface area contributed by atoms with E-state index in [0.717, 1.165) is 0 Å². The second kappa shape index (κ2) is 5.24. The number of hydrogen-bond acceptors (Lipinski definition) is 3. The van der Waals surface area contributed by atoms with E-state index >= 15 is 0 Å². The number of aromatic hydroxyl groups is 1. The summed E-state index contributed by atoms with van der Waals surface area (Å²) in [6.07, 6.45) is -0.613. The number of phenols is 1. The molecule has 2 N–H and O–H groups in total. The third kappa shape index (κ3) is 3.16. The van der Waals surface area contributed by atoms with Gasteiger partial charge in [-0.3, -0.25) is 4.79 Å². The van der Waals surface area contributed by atoms with Crippen LogP contribution in [0.15, 0.2) is 24.3 Å². The second-order valence-electron chi connectivity index (χ2n) is 3.12. The van der Waals surface area contributed by atoms with Gasteiger partial charge in [-0.05, 0) is 26.0 Å². The molecule has 0 aliphatic rings. The summed E-state index contributed by atoms with van der Waals surface area (Å²) in [4.78, 5) is 11.3. The highest BCUT2D eigenvalue weighted by molar-refractivity contribution is 5.80. The van der Waals surface area contributed by atoms with Crippen molar-refractivity contribution in [2.75, 3.05) is 6.54 Å². The lowest BCUT2D eigenvalue weighted by molar-refractivity contribution is -0.127. The topological polar surface area (TPSA) is 58.6 Å². The molecule has 82 valence electrons. The summed E-state index contributed by atoms with van der Waals surface area (Å²) in [5.74, 6) is 0.158. The number of carbonyl (C=O) groups excluding carboxylic acids is 1. The average molecular weight is 209 g/mol. The van der Waals surface area contributed by atoms with Gasteiger partial charge in [-0.25, -0.2) is 0 Å². The van der Waals surface area contributed by atoms with Gasteiger partial charge in [-0.2, -0.15) is 0 Å². The van der Waals surface area contributed by atoms with Crippen molar-refractivity contribution in [1.82, 2.24) is 5.32 Å². The van der Waals surface area contributed by atoms with Gasteiger partial charge in [0.2, 0.25) is 0 Å². The highest BCUT2D eigenvalue weighted by atomic mass is 16.5. The smallest absolute Gasteiger partial charge is 0.260 e. The van der Waals surface area contributed by atoms with Crippen molar-refractivity contribution in [3.05, 3.63) is 24.3 Å². The molecule has 0 saturated carbocycles. The van der Waals surface area contributed by atoms with E-state index in [-0.39, 0.29) is 11.7 Å². The van der Waals surface area contributed by atoms with Gasteiger partial charge in [0.05, 0.1) is 0 Å². The molecule has 1 rings (SSSR count). The largest absolute Gasteiger partial charge is 0.504 e. The van der Waals surface area contributed by atoms with Gasteiger partial charge >= 0.3 is 0 Å². The molecule has 1 atom stereocenters. The molecular formula is C11H15NO3. The summed E-state index contributed by atoms with van der Waals surface area (Å²) in [5, 5.41) is 12.1. The Kier molecular flexibility index (Phi) is 3.97. The third-order valence-electron chi connectivity index (χ3n) is 1.89. The first-order chi connectivity index (χ1) is 7.15. The molecule has 1 amide bonds. The summed E-state index contributed by atoms with van der Waals surface area (Å²) in [7, 11) is 0. The Hall–Kier alpha value is -1.71. The minimum Gasteiger partial charge on any atom is -0.504 e. The lowest BCUT2D eigenvalue weighted by Crippen LogP contribution is -2.36. The lowest BCUT2D eigenvalue weighted by Gasteiger charge is -2.14. The molecule has 15 heavy (non-hydrogen) atoms. The van der Waals surface area contributed by atoms with Crippen LogP contribution in [0.1, 0.15) is 13.8 Å². The molecule has 1 aromatic carbocycles. The molecule has 0 aromatic heterocycles. The Morgan fingerprint density at radius 3 is 2.80 bits per heavy atom. The summed E-state index contributed by atoms with van der Waals surface area (Å²) in [5.41, 5.74) is 0. The number of para-hydroxylation sites is 2. The summed E-state index contributed by atoms with van der Waals surface area (Å²) < 4.78 is 5.30. The van der Waals surface area contributed by atoms with Gasteiger partial charge in [0.1, 0.15) is 0 Å². The zero-order valence-corrected chi connectivity index (χ0v) is 8.86. The monoisotopic (exact) mass is 209 g/mol. The molecule has 0 spiro atoms. The first-order valence-electron chi connectivity index (χ1n) is 4.87. The summed E-state index contributed by atoms with van der Waals surface area (Å²) in [6, 6.07) is 6.56. The fourth-order valence-electron chi connectivity index (χ4n) is 1.12. The maximum Gasteiger partial charge on any atom is 0.260 e. The second-order valence-corrected chi connectivity index (χ2v) is 3.12. The van der Waals surface area contributed by atoms with E-state index in [9.17, 15) is 9.90 Å². The Morgan fingerprint density at radius 1 is 1.53 bits per heavy atom. The molecule has 4 heteroatoms. The van der Waals surface area contributed by atoms with Crippen LogP contribution in [0.3, 0.4) is 0 Å². The van der Waals surface area contributed by atoms with Gasteiger partial charge in [0, 0.05) is 6.54 Å². The van der Waals surface area contributed by atoms with Crippen molar-refractivity contribution < 1.29 is 14.6 Å². The zero-order valence-electron chi connectivity index (χ0n) is 8.86. The van der Waals surface area contributed by atoms with Crippen molar-refractivity contribution in [2.45, 2.75) is 20.0 Å². The molecular weight excluding hydrogens is 194 g/mol. The predicted octanol–water partition coefficient (Wildman–Crippen LogP) is 1.30. The minimum absolute atomic E-state index is 0.0358. The van der Waals surface area contributed by atoms with Gasteiger partial charge in [-0.15, -0.1) is 0 Å². The highest BCUT2D eigenvalue weighted by Crippen LogP contribution is 2.25. The normalized spacial score (nSPS) is 11.9. The van der Waals surface area contributed by atoms with Crippen LogP contribution in [0.5, 0.6) is 11.5 Å². The number of phenolic OH excluding ortho intramolecular Hbond substituents is 1. The van der Waals surface area contributed by atoms with E-state index in [1.54, 1.807) is 25.1 Å². The lowest BCUT2D eigenvalue weighted by atomic mass is 10.3. The molecule has 1 aromatic rings. The van der Waals surface area contributed by atoms with Crippen molar-refractivity contribution in [2.24, 2.45) is 0 Å². The van der Waals surface area contributed by atoms with Crippen LogP contribution in [0.4, 0.5) is 0 Å². The van der Waals surface area contributed by atoms with Crippen LogP contribution in [-0.4, -0.2) is 23.7 Å². The average Bonchev–Trinajstić information content (AvgIpc) is 2.21. The number of carbonyl (C=O) groups is 1. The number of hydrogen-bond donors (Lipinski definition) is 2. The van der Waals surface area contributed by atoms with E-state index in [2.05, 4.69) is 5.32 Å². The predicted molar refractivity (Wildman–Crippen MR) is 56.9 cm³/mol. The molecule has 1 unspecified atom stereocenters. The highest BCUT2D eigenvalue weighted by Gasteiger charge is 2.14. The first-order valence-corrected chi connectivity index (χ1v) is 4.87. The molecule has 0 aliphatic carbocycles. The number of amides is 1. The fraction of sp³-hybridized carbons (Fsp3) is 0.364. The number of rotatable bonds is 4. The Morgan fingerprint density at radius 2 is 2.20 bits per heavy atom. The van der Waals surface area contributed by atoms with E-state index < -0.39 is 6.10 Å². The third-order valence-corrected chi connectivity index (χ3v) is 1.89. The standard InChI is InChI=1S/C11H15NO3/c1-3-12-11(14)8(2)15-10-7-5-4-6-9(10)13/h4-8,13H,3H2,1-2H3,(H,12,14). The SMILES string of the molecule is CCNC(=O)C(C)Oc1ccccc1O. The van der Waals surface area contributed by atoms with Gasteiger partial charge < -0.3 is 15.2 Å². The first kappa shape index (κ1) is 11.4. The maximum atomic E-state index is 11.3.